The maximum Gasteiger partial charge on any atom is 0.201 e. The van der Waals surface area contributed by atoms with Gasteiger partial charge in [0.1, 0.15) is 0 Å². The van der Waals surface area contributed by atoms with E-state index in [-0.39, 0.29) is 40.3 Å². The van der Waals surface area contributed by atoms with Crippen LogP contribution in [-0.2, 0) is 9.59 Å². The van der Waals surface area contributed by atoms with Crippen LogP contribution in [0, 0.1) is 28.6 Å². The molecule has 4 atom stereocenters. The molecule has 3 nitrogen and oxygen atoms in total. The van der Waals surface area contributed by atoms with Crippen molar-refractivity contribution in [1.29, 1.82) is 0 Å². The molecule has 0 heterocycles. The molecule has 1 fully saturated rings. The zero-order chi connectivity index (χ0) is 32.4. The van der Waals surface area contributed by atoms with Gasteiger partial charge in [0.05, 0.1) is 6.10 Å². The number of ketones is 2. The number of carbonyl (C=O) groups is 2. The molecule has 2 rings (SSSR count). The van der Waals surface area contributed by atoms with Gasteiger partial charge >= 0.3 is 0 Å². The summed E-state index contributed by atoms with van der Waals surface area (Å²) in [5.74, 6) is -0.365. The Balaban J connectivity index is 1.90. The largest absolute Gasteiger partial charge is 0.389 e. The maximum absolute atomic E-state index is 12.2. The average molecular weight is 583 g/mol. The molecular formula is C40H54O3. The zero-order valence-electron chi connectivity index (χ0n) is 28.1. The minimum Gasteiger partial charge on any atom is -0.389 e. The van der Waals surface area contributed by atoms with E-state index in [0.29, 0.717) is 12.3 Å². The van der Waals surface area contributed by atoms with Crippen molar-refractivity contribution < 1.29 is 14.7 Å². The van der Waals surface area contributed by atoms with Crippen molar-refractivity contribution in [3.05, 3.63) is 119 Å². The summed E-state index contributed by atoms with van der Waals surface area (Å²) in [6, 6.07) is 0. The van der Waals surface area contributed by atoms with Crippen molar-refractivity contribution in [1.82, 2.24) is 0 Å². The number of carbonyl (C=O) groups excluding carboxylic acids is 2. The van der Waals surface area contributed by atoms with Crippen LogP contribution < -0.4 is 0 Å². The van der Waals surface area contributed by atoms with E-state index in [1.165, 1.54) is 16.7 Å². The first-order chi connectivity index (χ1) is 20.0. The lowest BCUT2D eigenvalue weighted by Crippen LogP contribution is -2.43. The van der Waals surface area contributed by atoms with Crippen LogP contribution >= 0.6 is 0 Å². The molecule has 0 aromatic carbocycles. The lowest BCUT2D eigenvalue weighted by atomic mass is 9.63. The summed E-state index contributed by atoms with van der Waals surface area (Å²) >= 11 is 0. The summed E-state index contributed by atoms with van der Waals surface area (Å²) < 4.78 is 0. The molecule has 3 heteroatoms. The summed E-state index contributed by atoms with van der Waals surface area (Å²) in [5, 5.41) is 10.1. The van der Waals surface area contributed by atoms with Gasteiger partial charge in [-0.05, 0) is 57.8 Å². The number of rotatable bonds is 10. The Bertz CT molecular complexity index is 1330. The Hall–Kier alpha value is -3.30. The van der Waals surface area contributed by atoms with E-state index < -0.39 is 0 Å². The molecule has 0 spiro atoms. The standard InChI is InChI=1S/C40H54O3/c1-28(17-13-19-30(3)21-23-35-32(5)25-34(41)26-39(35,7)8)15-11-12-16-29(2)18-14-20-31(4)22-24-36-33(6)38(43)37(42)27-40(36,9)10/h11-25,33-36,41H,26-27H2,1-10H3/b12-11+,17-13+,18-14+,23-21+,24-22+,28-15+,29-16+,30-19+,31-20+. The van der Waals surface area contributed by atoms with Crippen LogP contribution in [0.5, 0.6) is 0 Å². The number of hydrogen-bond acceptors (Lipinski definition) is 3. The highest BCUT2D eigenvalue weighted by Crippen LogP contribution is 2.43. The van der Waals surface area contributed by atoms with E-state index in [0.717, 1.165) is 17.6 Å². The second-order valence-electron chi connectivity index (χ2n) is 13.9. The molecule has 0 aliphatic heterocycles. The van der Waals surface area contributed by atoms with Gasteiger partial charge in [0.15, 0.2) is 5.78 Å². The van der Waals surface area contributed by atoms with E-state index in [2.05, 4.69) is 122 Å². The lowest BCUT2D eigenvalue weighted by Gasteiger charge is -2.39. The van der Waals surface area contributed by atoms with Crippen LogP contribution in [-0.4, -0.2) is 22.8 Å². The number of aliphatic hydroxyl groups excluding tert-OH is 1. The van der Waals surface area contributed by atoms with Crippen LogP contribution in [0.4, 0.5) is 0 Å². The van der Waals surface area contributed by atoms with Crippen LogP contribution in [0.15, 0.2) is 119 Å². The van der Waals surface area contributed by atoms with Gasteiger partial charge in [0.2, 0.25) is 5.78 Å². The molecule has 1 saturated carbocycles. The Kier molecular flexibility index (Phi) is 13.3. The molecule has 0 radical (unpaired) electrons. The summed E-state index contributed by atoms with van der Waals surface area (Å²) in [7, 11) is 0. The van der Waals surface area contributed by atoms with Crippen molar-refractivity contribution in [2.45, 2.75) is 88.2 Å². The van der Waals surface area contributed by atoms with Gasteiger partial charge in [-0.3, -0.25) is 9.59 Å². The van der Waals surface area contributed by atoms with Gasteiger partial charge in [-0.25, -0.2) is 0 Å². The number of hydrogen-bond donors (Lipinski definition) is 1. The number of allylic oxidation sites excluding steroid dienone is 19. The highest BCUT2D eigenvalue weighted by molar-refractivity contribution is 6.38. The first kappa shape index (κ1) is 35.9. The van der Waals surface area contributed by atoms with Gasteiger partial charge in [0.25, 0.3) is 0 Å². The normalized spacial score (nSPS) is 27.9. The highest BCUT2D eigenvalue weighted by Gasteiger charge is 2.44. The predicted molar refractivity (Wildman–Crippen MR) is 183 cm³/mol. The quantitative estimate of drug-likeness (QED) is 0.158. The number of aliphatic hydroxyl groups is 1. The van der Waals surface area contributed by atoms with E-state index in [4.69, 9.17) is 0 Å². The molecule has 0 amide bonds. The number of Topliss-reactive ketones (excluding diaryl/α,β-unsaturated/α-hetero) is 2. The minimum absolute atomic E-state index is 0.0465. The van der Waals surface area contributed by atoms with Crippen LogP contribution in [0.3, 0.4) is 0 Å². The third-order valence-corrected chi connectivity index (χ3v) is 8.65. The molecule has 2 aliphatic carbocycles. The van der Waals surface area contributed by atoms with Gasteiger partial charge in [-0.15, -0.1) is 0 Å². The zero-order valence-corrected chi connectivity index (χ0v) is 28.1. The monoisotopic (exact) mass is 582 g/mol. The molecule has 43 heavy (non-hydrogen) atoms. The highest BCUT2D eigenvalue weighted by atomic mass is 16.3. The fourth-order valence-electron chi connectivity index (χ4n) is 6.14. The van der Waals surface area contributed by atoms with E-state index >= 15 is 0 Å². The molecule has 0 saturated heterocycles. The first-order valence-corrected chi connectivity index (χ1v) is 15.5. The predicted octanol–water partition coefficient (Wildman–Crippen LogP) is 9.73. The average Bonchev–Trinajstić information content (AvgIpc) is 2.88. The van der Waals surface area contributed by atoms with Crippen molar-refractivity contribution in [2.75, 3.05) is 0 Å². The Labute approximate surface area is 261 Å². The first-order valence-electron chi connectivity index (χ1n) is 15.5. The van der Waals surface area contributed by atoms with Gasteiger partial charge in [0, 0.05) is 18.3 Å². The van der Waals surface area contributed by atoms with Gasteiger partial charge in [-0.2, -0.15) is 0 Å². The van der Waals surface area contributed by atoms with Crippen molar-refractivity contribution >= 4 is 11.6 Å². The third-order valence-electron chi connectivity index (χ3n) is 8.65. The minimum atomic E-state index is -0.340. The fraction of sp³-hybridized carbons (Fsp3) is 0.450. The van der Waals surface area contributed by atoms with Crippen LogP contribution in [0.1, 0.15) is 82.1 Å². The van der Waals surface area contributed by atoms with E-state index in [1.807, 2.05) is 38.2 Å². The molecule has 0 bridgehead atoms. The van der Waals surface area contributed by atoms with E-state index in [9.17, 15) is 14.7 Å². The third kappa shape index (κ3) is 11.4. The van der Waals surface area contributed by atoms with Crippen molar-refractivity contribution in [3.63, 3.8) is 0 Å². The molecule has 4 unspecified atom stereocenters. The summed E-state index contributed by atoms with van der Waals surface area (Å²) in [5.41, 5.74) is 5.67. The van der Waals surface area contributed by atoms with Crippen LogP contribution in [0.2, 0.25) is 0 Å². The van der Waals surface area contributed by atoms with Gasteiger partial charge in [-0.1, -0.05) is 154 Å². The molecule has 2 aliphatic rings. The Morgan fingerprint density at radius 1 is 0.744 bits per heavy atom. The fourth-order valence-corrected chi connectivity index (χ4v) is 6.14. The molecular weight excluding hydrogens is 528 g/mol. The SMILES string of the molecule is CC1=CC(O)CC(C)(C)C1/C=C/C(C)=C/C=C/C(C)=C/C=C/C=C(C)/C=C/C=C(C)/C=C/C1C(C)C(=O)C(=O)CC1(C)C. The van der Waals surface area contributed by atoms with Crippen LogP contribution in [0.25, 0.3) is 0 Å². The second kappa shape index (κ2) is 16.0. The van der Waals surface area contributed by atoms with Gasteiger partial charge < -0.3 is 5.11 Å². The maximum atomic E-state index is 12.2. The Morgan fingerprint density at radius 2 is 1.21 bits per heavy atom. The molecule has 0 aromatic rings. The second-order valence-corrected chi connectivity index (χ2v) is 13.9. The lowest BCUT2D eigenvalue weighted by molar-refractivity contribution is -0.145. The summed E-state index contributed by atoms with van der Waals surface area (Å²) in [4.78, 5) is 24.2. The van der Waals surface area contributed by atoms with E-state index in [1.54, 1.807) is 0 Å². The van der Waals surface area contributed by atoms with Crippen molar-refractivity contribution in [2.24, 2.45) is 28.6 Å². The topological polar surface area (TPSA) is 54.4 Å². The smallest absolute Gasteiger partial charge is 0.201 e. The molecule has 232 valence electrons. The summed E-state index contributed by atoms with van der Waals surface area (Å²) in [6.07, 6.45) is 32.1. The molecule has 0 aromatic heterocycles. The summed E-state index contributed by atoms with van der Waals surface area (Å²) in [6.45, 7) is 20.9. The van der Waals surface area contributed by atoms with Crippen molar-refractivity contribution in [3.8, 4) is 0 Å². The molecule has 1 N–H and O–H groups in total. The Morgan fingerprint density at radius 3 is 1.72 bits per heavy atom.